The van der Waals surface area contributed by atoms with Gasteiger partial charge in [0.15, 0.2) is 0 Å². The predicted molar refractivity (Wildman–Crippen MR) is 172 cm³/mol. The topological polar surface area (TPSA) is 0 Å². The van der Waals surface area contributed by atoms with Gasteiger partial charge in [0.05, 0.1) is 26.2 Å². The molecule has 37 heavy (non-hydrogen) atoms. The van der Waals surface area contributed by atoms with Gasteiger partial charge in [-0.25, -0.2) is 0 Å². The van der Waals surface area contributed by atoms with Gasteiger partial charge in [0, 0.05) is 0 Å². The van der Waals surface area contributed by atoms with Crippen LogP contribution < -0.4 is 0 Å². The maximum Gasteiger partial charge on any atom is 0.0786 e. The Morgan fingerprint density at radius 1 is 0.324 bits per heavy atom. The molecule has 224 valence electrons. The van der Waals surface area contributed by atoms with Gasteiger partial charge in [-0.15, -0.1) is 0 Å². The number of hydrogen-bond acceptors (Lipinski definition) is 0. The molecule has 0 aromatic carbocycles. The van der Waals surface area contributed by atoms with Gasteiger partial charge >= 0.3 is 0 Å². The summed E-state index contributed by atoms with van der Waals surface area (Å²) >= 11 is 0. The number of unbranched alkanes of at least 4 members (excludes halogenated alkanes) is 21. The first-order chi connectivity index (χ1) is 18.1. The number of rotatable bonds is 31. The van der Waals surface area contributed by atoms with E-state index in [4.69, 9.17) is 0 Å². The van der Waals surface area contributed by atoms with Crippen LogP contribution in [0.4, 0.5) is 0 Å². The SMILES string of the molecule is CCCCCCCCCC[N+](CCCCCCCCCC)(CCCCCCCCCC)CCCC(C)C. The van der Waals surface area contributed by atoms with Gasteiger partial charge in [-0.3, -0.25) is 0 Å². The minimum atomic E-state index is 0.858. The number of hydrogen-bond donors (Lipinski definition) is 0. The van der Waals surface area contributed by atoms with Gasteiger partial charge < -0.3 is 4.48 Å². The van der Waals surface area contributed by atoms with Crippen LogP contribution in [-0.4, -0.2) is 30.7 Å². The molecule has 1 heteroatoms. The highest BCUT2D eigenvalue weighted by Crippen LogP contribution is 2.21. The van der Waals surface area contributed by atoms with Crippen molar-refractivity contribution in [1.82, 2.24) is 0 Å². The molecule has 0 saturated heterocycles. The molecular weight excluding hydrogens is 446 g/mol. The largest absolute Gasteiger partial charge is 0.324 e. The third-order valence-electron chi connectivity index (χ3n) is 8.87. The van der Waals surface area contributed by atoms with Crippen molar-refractivity contribution in [1.29, 1.82) is 0 Å². The zero-order valence-electron chi connectivity index (χ0n) is 27.2. The molecule has 0 amide bonds. The first kappa shape index (κ1) is 37.0. The number of nitrogens with zero attached hydrogens (tertiary/aromatic N) is 1. The van der Waals surface area contributed by atoms with Crippen molar-refractivity contribution in [2.45, 2.75) is 202 Å². The molecule has 0 N–H and O–H groups in total. The van der Waals surface area contributed by atoms with E-state index in [0.717, 1.165) is 5.92 Å². The fourth-order valence-electron chi connectivity index (χ4n) is 6.25. The lowest BCUT2D eigenvalue weighted by Crippen LogP contribution is -2.51. The molecule has 0 aliphatic rings. The van der Waals surface area contributed by atoms with Crippen molar-refractivity contribution in [2.24, 2.45) is 5.92 Å². The Morgan fingerprint density at radius 3 is 0.838 bits per heavy atom. The summed E-state index contributed by atoms with van der Waals surface area (Å²) in [5, 5.41) is 0. The molecule has 0 rings (SSSR count). The molecule has 0 aromatic heterocycles. The van der Waals surface area contributed by atoms with E-state index >= 15 is 0 Å². The van der Waals surface area contributed by atoms with Gasteiger partial charge in [-0.2, -0.15) is 0 Å². The van der Waals surface area contributed by atoms with Crippen molar-refractivity contribution in [3.63, 3.8) is 0 Å². The second-order valence-electron chi connectivity index (χ2n) is 13.2. The molecule has 0 bridgehead atoms. The van der Waals surface area contributed by atoms with E-state index in [1.807, 2.05) is 0 Å². The third-order valence-corrected chi connectivity index (χ3v) is 8.87. The zero-order chi connectivity index (χ0) is 27.3. The van der Waals surface area contributed by atoms with Crippen molar-refractivity contribution in [3.8, 4) is 0 Å². The molecule has 0 unspecified atom stereocenters. The lowest BCUT2D eigenvalue weighted by Gasteiger charge is -2.40. The molecule has 1 nitrogen and oxygen atoms in total. The van der Waals surface area contributed by atoms with Crippen LogP contribution in [0.1, 0.15) is 202 Å². The minimum absolute atomic E-state index is 0.858. The van der Waals surface area contributed by atoms with Crippen molar-refractivity contribution in [2.75, 3.05) is 26.2 Å². The minimum Gasteiger partial charge on any atom is -0.324 e. The Hall–Kier alpha value is -0.0400. The zero-order valence-corrected chi connectivity index (χ0v) is 27.2. The Kier molecular flexibility index (Phi) is 28.9. The Bertz CT molecular complexity index is 365. The normalized spacial score (nSPS) is 12.2. The van der Waals surface area contributed by atoms with E-state index in [-0.39, 0.29) is 0 Å². The summed E-state index contributed by atoms with van der Waals surface area (Å²) in [4.78, 5) is 0. The van der Waals surface area contributed by atoms with E-state index in [2.05, 4.69) is 34.6 Å². The highest BCUT2D eigenvalue weighted by Gasteiger charge is 2.26. The molecule has 0 atom stereocenters. The Labute approximate surface area is 237 Å². The van der Waals surface area contributed by atoms with Gasteiger partial charge in [-0.05, 0) is 57.3 Å². The predicted octanol–water partition coefficient (Wildman–Crippen LogP) is 12.7. The molecule has 0 fully saturated rings. The van der Waals surface area contributed by atoms with Gasteiger partial charge in [0.1, 0.15) is 0 Å². The van der Waals surface area contributed by atoms with E-state index in [0.29, 0.717) is 0 Å². The first-order valence-corrected chi connectivity index (χ1v) is 17.9. The van der Waals surface area contributed by atoms with Gasteiger partial charge in [0.2, 0.25) is 0 Å². The molecule has 0 heterocycles. The fourth-order valence-corrected chi connectivity index (χ4v) is 6.25. The summed E-state index contributed by atoms with van der Waals surface area (Å²) in [5.74, 6) is 0.858. The highest BCUT2D eigenvalue weighted by atomic mass is 15.3. The van der Waals surface area contributed by atoms with Crippen LogP contribution in [-0.2, 0) is 0 Å². The standard InChI is InChI=1S/C36H76N/c1-6-9-12-15-18-21-24-27-32-37(35-30-31-36(4)5,33-28-25-22-19-16-13-10-7-2)34-29-26-23-20-17-14-11-8-3/h36H,6-35H2,1-5H3/q+1. The Morgan fingerprint density at radius 2 is 0.568 bits per heavy atom. The lowest BCUT2D eigenvalue weighted by atomic mass is 10.0. The molecule has 0 saturated carbocycles. The summed E-state index contributed by atoms with van der Waals surface area (Å²) in [5.41, 5.74) is 0. The summed E-state index contributed by atoms with van der Waals surface area (Å²) in [7, 11) is 0. The quantitative estimate of drug-likeness (QED) is 0.0627. The van der Waals surface area contributed by atoms with Crippen molar-refractivity contribution in [3.05, 3.63) is 0 Å². The molecule has 0 aliphatic carbocycles. The summed E-state index contributed by atoms with van der Waals surface area (Å²) in [6, 6.07) is 0. The maximum absolute atomic E-state index is 2.42. The summed E-state index contributed by atoms with van der Waals surface area (Å²) in [6.07, 6.45) is 37.8. The molecule has 0 aliphatic heterocycles. The highest BCUT2D eigenvalue weighted by molar-refractivity contribution is 4.56. The third kappa shape index (κ3) is 26.0. The Balaban J connectivity index is 4.71. The molecular formula is C36H76N+. The van der Waals surface area contributed by atoms with E-state index in [9.17, 15) is 0 Å². The van der Waals surface area contributed by atoms with Gasteiger partial charge in [0.25, 0.3) is 0 Å². The monoisotopic (exact) mass is 523 g/mol. The fraction of sp³-hybridized carbons (Fsp3) is 1.00. The van der Waals surface area contributed by atoms with E-state index < -0.39 is 0 Å². The maximum atomic E-state index is 2.42. The first-order valence-electron chi connectivity index (χ1n) is 17.9. The van der Waals surface area contributed by atoms with Crippen molar-refractivity contribution >= 4 is 0 Å². The molecule has 0 spiro atoms. The average molecular weight is 523 g/mol. The second-order valence-corrected chi connectivity index (χ2v) is 13.2. The van der Waals surface area contributed by atoms with Gasteiger partial charge in [-0.1, -0.05) is 150 Å². The van der Waals surface area contributed by atoms with Crippen molar-refractivity contribution < 1.29 is 4.48 Å². The molecule has 0 aromatic rings. The van der Waals surface area contributed by atoms with Crippen LogP contribution in [0, 0.1) is 5.92 Å². The average Bonchev–Trinajstić information content (AvgIpc) is 2.88. The van der Waals surface area contributed by atoms with Crippen LogP contribution in [0.3, 0.4) is 0 Å². The lowest BCUT2D eigenvalue weighted by molar-refractivity contribution is -0.929. The summed E-state index contributed by atoms with van der Waals surface area (Å²) in [6.45, 7) is 17.7. The van der Waals surface area contributed by atoms with Crippen LogP contribution in [0.15, 0.2) is 0 Å². The van der Waals surface area contributed by atoms with Crippen LogP contribution in [0.2, 0.25) is 0 Å². The van der Waals surface area contributed by atoms with Crippen LogP contribution in [0.5, 0.6) is 0 Å². The second kappa shape index (κ2) is 29.0. The van der Waals surface area contributed by atoms with E-state index in [1.54, 1.807) is 0 Å². The van der Waals surface area contributed by atoms with Crippen LogP contribution in [0.25, 0.3) is 0 Å². The van der Waals surface area contributed by atoms with Crippen LogP contribution >= 0.6 is 0 Å². The number of quaternary nitrogens is 1. The molecule has 0 radical (unpaired) electrons. The smallest absolute Gasteiger partial charge is 0.0786 e. The summed E-state index contributed by atoms with van der Waals surface area (Å²) < 4.78 is 1.47. The van der Waals surface area contributed by atoms with E-state index in [1.165, 1.54) is 198 Å².